The van der Waals surface area contributed by atoms with Crippen molar-refractivity contribution in [1.29, 1.82) is 0 Å². The van der Waals surface area contributed by atoms with E-state index < -0.39 is 28.0 Å². The number of aromatic nitrogens is 1. The van der Waals surface area contributed by atoms with Gasteiger partial charge in [0, 0.05) is 68.1 Å². The fourth-order valence-corrected chi connectivity index (χ4v) is 6.07. The number of hydrogen-bond acceptors (Lipinski definition) is 8. The number of nitrogens with one attached hydrogen (secondary N) is 1. The number of likely N-dealkylation sites (tertiary alicyclic amines) is 1. The van der Waals surface area contributed by atoms with Crippen molar-refractivity contribution >= 4 is 23.3 Å². The summed E-state index contributed by atoms with van der Waals surface area (Å²) in [6, 6.07) is 6.71. The summed E-state index contributed by atoms with van der Waals surface area (Å²) in [4.78, 5) is 31.0. The van der Waals surface area contributed by atoms with Crippen LogP contribution in [0.3, 0.4) is 0 Å². The number of carbonyl (C=O) groups is 1. The van der Waals surface area contributed by atoms with Gasteiger partial charge in [-0.05, 0) is 64.7 Å². The van der Waals surface area contributed by atoms with Crippen LogP contribution in [-0.4, -0.2) is 64.8 Å². The third-order valence-corrected chi connectivity index (χ3v) is 8.03. The zero-order chi connectivity index (χ0) is 30.2. The Morgan fingerprint density at radius 2 is 1.69 bits per heavy atom. The third-order valence-electron chi connectivity index (χ3n) is 8.03. The molecule has 1 saturated carbocycles. The van der Waals surface area contributed by atoms with E-state index in [0.29, 0.717) is 56.4 Å². The predicted molar refractivity (Wildman–Crippen MR) is 150 cm³/mol. The summed E-state index contributed by atoms with van der Waals surface area (Å²) in [5.41, 5.74) is -2.53. The predicted octanol–water partition coefficient (Wildman–Crippen LogP) is 6.11. The topological polar surface area (TPSA) is 110 Å². The molecule has 0 radical (unpaired) electrons. The van der Waals surface area contributed by atoms with Crippen molar-refractivity contribution in [3.05, 3.63) is 52.2 Å². The quantitative estimate of drug-likeness (QED) is 0.316. The fraction of sp³-hybridized carbons (Fsp3) is 0.586. The van der Waals surface area contributed by atoms with Gasteiger partial charge in [0.25, 0.3) is 5.69 Å². The second-order valence-corrected chi connectivity index (χ2v) is 12.4. The van der Waals surface area contributed by atoms with Gasteiger partial charge in [0.2, 0.25) is 0 Å². The van der Waals surface area contributed by atoms with Gasteiger partial charge in [-0.15, -0.1) is 0 Å². The number of anilines is 2. The van der Waals surface area contributed by atoms with E-state index in [1.807, 2.05) is 32.9 Å². The first-order valence-electron chi connectivity index (χ1n) is 14.2. The van der Waals surface area contributed by atoms with Crippen LogP contribution in [0, 0.1) is 22.0 Å². The minimum atomic E-state index is -4.82. The highest BCUT2D eigenvalue weighted by Gasteiger charge is 2.43. The highest BCUT2D eigenvalue weighted by atomic mass is 19.4. The molecule has 2 unspecified atom stereocenters. The number of alkyl halides is 3. The largest absolute Gasteiger partial charge is 0.490 e. The molecule has 1 aromatic carbocycles. The molecular weight excluding hydrogens is 555 g/mol. The lowest BCUT2D eigenvalue weighted by molar-refractivity contribution is -0.388. The normalized spacial score (nSPS) is 24.3. The van der Waals surface area contributed by atoms with Crippen LogP contribution in [0.1, 0.15) is 52.0 Å². The molecule has 10 nitrogen and oxygen atoms in total. The summed E-state index contributed by atoms with van der Waals surface area (Å²) < 4.78 is 51.8. The Bertz CT molecular complexity index is 1300. The molecule has 2 aromatic rings. The molecule has 1 amide bonds. The third kappa shape index (κ3) is 6.99. The molecule has 42 heavy (non-hydrogen) atoms. The van der Waals surface area contributed by atoms with Crippen LogP contribution in [0.4, 0.5) is 35.2 Å². The van der Waals surface area contributed by atoms with E-state index in [4.69, 9.17) is 9.47 Å². The van der Waals surface area contributed by atoms with Crippen molar-refractivity contribution in [3.63, 3.8) is 0 Å². The minimum absolute atomic E-state index is 0.0405. The van der Waals surface area contributed by atoms with E-state index in [-0.39, 0.29) is 23.9 Å². The van der Waals surface area contributed by atoms with E-state index in [1.165, 1.54) is 6.07 Å². The zero-order valence-corrected chi connectivity index (χ0v) is 23.9. The Labute approximate surface area is 242 Å². The molecule has 1 N–H and O–H groups in total. The number of nitro groups is 1. The average molecular weight is 592 g/mol. The summed E-state index contributed by atoms with van der Waals surface area (Å²) in [7, 11) is 0. The van der Waals surface area contributed by atoms with Crippen LogP contribution in [0.2, 0.25) is 0 Å². The number of benzene rings is 1. The van der Waals surface area contributed by atoms with Gasteiger partial charge in [-0.2, -0.15) is 13.2 Å². The Kier molecular flexibility index (Phi) is 8.13. The molecule has 3 fully saturated rings. The summed E-state index contributed by atoms with van der Waals surface area (Å²) in [6.07, 6.45) is -0.600. The monoisotopic (exact) mass is 591 g/mol. The van der Waals surface area contributed by atoms with Crippen LogP contribution in [0.5, 0.6) is 5.75 Å². The first kappa shape index (κ1) is 29.7. The molecule has 3 aliphatic rings. The number of ether oxygens (including phenoxy) is 2. The second kappa shape index (κ2) is 11.5. The molecule has 2 saturated heterocycles. The molecule has 2 atom stereocenters. The lowest BCUT2D eigenvalue weighted by Crippen LogP contribution is -2.37. The number of halogens is 3. The lowest BCUT2D eigenvalue weighted by Gasteiger charge is -2.30. The number of amides is 1. The van der Waals surface area contributed by atoms with Crippen molar-refractivity contribution in [2.24, 2.45) is 11.8 Å². The average Bonchev–Trinajstić information content (AvgIpc) is 3.49. The first-order valence-corrected chi connectivity index (χ1v) is 14.2. The Morgan fingerprint density at radius 1 is 1.02 bits per heavy atom. The number of nitro benzene ring substituents is 1. The molecule has 1 aliphatic carbocycles. The van der Waals surface area contributed by atoms with E-state index in [9.17, 15) is 28.1 Å². The van der Waals surface area contributed by atoms with Crippen LogP contribution < -0.4 is 15.0 Å². The molecular formula is C29H36F3N5O5. The molecule has 1 aromatic heterocycles. The van der Waals surface area contributed by atoms with Crippen molar-refractivity contribution in [1.82, 2.24) is 9.88 Å². The number of hydrogen-bond donors (Lipinski definition) is 1. The molecule has 0 spiro atoms. The van der Waals surface area contributed by atoms with Crippen LogP contribution in [0.15, 0.2) is 36.5 Å². The lowest BCUT2D eigenvalue weighted by atomic mass is 9.92. The number of nitrogens with zero attached hydrogens (tertiary/aromatic N) is 4. The summed E-state index contributed by atoms with van der Waals surface area (Å²) >= 11 is 0. The summed E-state index contributed by atoms with van der Waals surface area (Å²) in [5, 5.41) is 14.1. The van der Waals surface area contributed by atoms with Crippen molar-refractivity contribution < 1.29 is 32.4 Å². The second-order valence-electron chi connectivity index (χ2n) is 12.4. The van der Waals surface area contributed by atoms with E-state index in [1.54, 1.807) is 11.1 Å². The van der Waals surface area contributed by atoms with Crippen molar-refractivity contribution in [2.75, 3.05) is 36.4 Å². The molecule has 13 heteroatoms. The maximum Gasteiger partial charge on any atom is 0.423 e. The first-order chi connectivity index (χ1) is 19.7. The number of carbonyl (C=O) groups excluding carboxylic acids is 1. The molecule has 3 heterocycles. The Hall–Kier alpha value is -3.77. The van der Waals surface area contributed by atoms with Crippen molar-refractivity contribution in [2.45, 2.75) is 70.4 Å². The van der Waals surface area contributed by atoms with Gasteiger partial charge in [0.15, 0.2) is 0 Å². The summed E-state index contributed by atoms with van der Waals surface area (Å²) in [5.74, 6) is 2.26. The van der Waals surface area contributed by atoms with Gasteiger partial charge in [0.1, 0.15) is 22.7 Å². The van der Waals surface area contributed by atoms with Gasteiger partial charge in [-0.25, -0.2) is 9.78 Å². The maximum atomic E-state index is 13.3. The zero-order valence-electron chi connectivity index (χ0n) is 23.9. The van der Waals surface area contributed by atoms with E-state index in [2.05, 4.69) is 15.2 Å². The minimum Gasteiger partial charge on any atom is -0.490 e. The number of pyridine rings is 1. The highest BCUT2D eigenvalue weighted by Crippen LogP contribution is 2.39. The van der Waals surface area contributed by atoms with Crippen LogP contribution >= 0.6 is 0 Å². The van der Waals surface area contributed by atoms with Crippen LogP contribution in [-0.2, 0) is 10.9 Å². The number of fused-ring (bicyclic) bond motifs is 1. The standard InChI is InChI=1S/C29H36F3N5O5/c1-28(2,3)42-27(38)36-16-18-14-35(15-19(18)17-36)26-13-23(10-11-33-26)41-22-7-4-20(5-8-22)34-21-6-9-25(37(39)40)24(12-21)29(30,31)32/h6,9-13,18-20,22,34H,4-5,7-8,14-17H2,1-3H3. The Balaban J connectivity index is 1.11. The maximum absolute atomic E-state index is 13.3. The smallest absolute Gasteiger partial charge is 0.423 e. The molecule has 228 valence electrons. The SMILES string of the molecule is CC(C)(C)OC(=O)N1CC2CN(c3cc(OC4CCC(Nc5ccc([N+](=O)[O-])c(C(F)(F)F)c5)CC4)ccn3)CC2C1. The highest BCUT2D eigenvalue weighted by molar-refractivity contribution is 5.68. The van der Waals surface area contributed by atoms with Crippen molar-refractivity contribution in [3.8, 4) is 5.75 Å². The summed E-state index contributed by atoms with van der Waals surface area (Å²) in [6.45, 7) is 8.54. The van der Waals surface area contributed by atoms with Gasteiger partial charge in [0.05, 0.1) is 11.0 Å². The molecule has 0 bridgehead atoms. The van der Waals surface area contributed by atoms with Gasteiger partial charge in [-0.1, -0.05) is 0 Å². The van der Waals surface area contributed by atoms with Crippen LogP contribution in [0.25, 0.3) is 0 Å². The van der Waals surface area contributed by atoms with E-state index in [0.717, 1.165) is 31.0 Å². The van der Waals surface area contributed by atoms with Gasteiger partial charge < -0.3 is 24.6 Å². The molecule has 2 aliphatic heterocycles. The number of rotatable bonds is 6. The van der Waals surface area contributed by atoms with Gasteiger partial charge in [-0.3, -0.25) is 10.1 Å². The fourth-order valence-electron chi connectivity index (χ4n) is 6.07. The Morgan fingerprint density at radius 3 is 2.29 bits per heavy atom. The molecule has 5 rings (SSSR count). The van der Waals surface area contributed by atoms with Gasteiger partial charge >= 0.3 is 12.3 Å². The van der Waals surface area contributed by atoms with E-state index >= 15 is 0 Å².